The summed E-state index contributed by atoms with van der Waals surface area (Å²) < 4.78 is 5.21. The quantitative estimate of drug-likeness (QED) is 0.377. The van der Waals surface area contributed by atoms with E-state index in [1.165, 1.54) is 11.1 Å². The highest BCUT2D eigenvalue weighted by atomic mass is 35.5. The zero-order valence-corrected chi connectivity index (χ0v) is 21.0. The van der Waals surface area contributed by atoms with Gasteiger partial charge in [0.15, 0.2) is 5.60 Å². The number of benzene rings is 1. The van der Waals surface area contributed by atoms with Crippen LogP contribution < -0.4 is 5.32 Å². The predicted molar refractivity (Wildman–Crippen MR) is 130 cm³/mol. The van der Waals surface area contributed by atoms with Gasteiger partial charge in [-0.2, -0.15) is 0 Å². The summed E-state index contributed by atoms with van der Waals surface area (Å²) in [5.74, 6) is 0.0229. The summed E-state index contributed by atoms with van der Waals surface area (Å²) in [4.78, 5) is 27.9. The lowest BCUT2D eigenvalue weighted by Gasteiger charge is -2.36. The molecule has 174 valence electrons. The first-order chi connectivity index (χ1) is 15.7. The third-order valence-electron chi connectivity index (χ3n) is 7.38. The maximum atomic E-state index is 13.6. The average molecular weight is 485 g/mol. The summed E-state index contributed by atoms with van der Waals surface area (Å²) in [6.45, 7) is 6.88. The zero-order chi connectivity index (χ0) is 23.5. The molecule has 8 heteroatoms. The molecular formula is C25H29ClN2O4Si. The molecule has 6 nitrogen and oxygen atoms in total. The van der Waals surface area contributed by atoms with E-state index in [0.717, 1.165) is 35.0 Å². The number of aliphatic hydroxyl groups is 1. The van der Waals surface area contributed by atoms with Crippen LogP contribution in [0.25, 0.3) is 6.08 Å². The third-order valence-corrected chi connectivity index (χ3v) is 11.9. The van der Waals surface area contributed by atoms with Gasteiger partial charge in [0.05, 0.1) is 14.6 Å². The van der Waals surface area contributed by atoms with Crippen LogP contribution in [0.3, 0.4) is 0 Å². The number of ketones is 1. The van der Waals surface area contributed by atoms with E-state index in [4.69, 9.17) is 16.3 Å². The van der Waals surface area contributed by atoms with Crippen molar-refractivity contribution in [3.8, 4) is 0 Å². The second-order valence-electron chi connectivity index (χ2n) is 10.1. The number of aryl methyl sites for hydroxylation is 1. The number of cyclic esters (lactones) is 1. The maximum absolute atomic E-state index is 13.6. The van der Waals surface area contributed by atoms with E-state index in [-0.39, 0.29) is 18.8 Å². The number of Topliss-reactive ketones (excluding diaryl/α,β-unsaturated/α-hetero) is 1. The number of nitrogens with one attached hydrogen (secondary N) is 1. The molecule has 0 amide bonds. The topological polar surface area (TPSA) is 78.9 Å². The number of hydrogen-bond acceptors (Lipinski definition) is 6. The van der Waals surface area contributed by atoms with Crippen LogP contribution in [0.5, 0.6) is 0 Å². The summed E-state index contributed by atoms with van der Waals surface area (Å²) in [6.07, 6.45) is 3.57. The molecule has 3 heterocycles. The molecule has 1 aromatic carbocycles. The van der Waals surface area contributed by atoms with Crippen LogP contribution in [0.1, 0.15) is 36.5 Å². The summed E-state index contributed by atoms with van der Waals surface area (Å²) in [5.41, 5.74) is 4.95. The molecule has 1 aromatic rings. The van der Waals surface area contributed by atoms with Gasteiger partial charge < -0.3 is 20.1 Å². The number of rotatable bonds is 5. The fourth-order valence-corrected chi connectivity index (χ4v) is 6.62. The van der Waals surface area contributed by atoms with Crippen LogP contribution in [0.4, 0.5) is 0 Å². The summed E-state index contributed by atoms with van der Waals surface area (Å²) in [6, 6.07) is 7.50. The molecule has 5 rings (SSSR count). The van der Waals surface area contributed by atoms with E-state index in [1.807, 2.05) is 4.90 Å². The van der Waals surface area contributed by atoms with Crippen molar-refractivity contribution in [1.82, 2.24) is 10.2 Å². The summed E-state index contributed by atoms with van der Waals surface area (Å²) in [5, 5.41) is 14.4. The molecule has 0 bridgehead atoms. The number of halogens is 1. The second-order valence-corrected chi connectivity index (χ2v) is 16.0. The highest BCUT2D eigenvalue weighted by Gasteiger charge is 2.50. The fraction of sp³-hybridized carbons (Fsp3) is 0.440. The minimum atomic E-state index is -1.74. The third kappa shape index (κ3) is 3.48. The first-order valence-corrected chi connectivity index (χ1v) is 15.5. The van der Waals surface area contributed by atoms with Gasteiger partial charge in [0, 0.05) is 23.2 Å². The van der Waals surface area contributed by atoms with Gasteiger partial charge >= 0.3 is 5.97 Å². The number of carbonyl (C=O) groups is 2. The molecule has 0 spiro atoms. The SMILES string of the molecule is CC[C@@]1(O)C(=O)OCC2=C1CC1=C(C2=O)N2Cc3c(cccc3CC[Si](C)(C)CCl)C=C2N1. The van der Waals surface area contributed by atoms with Crippen molar-refractivity contribution in [1.29, 1.82) is 0 Å². The van der Waals surface area contributed by atoms with Crippen LogP contribution in [-0.4, -0.2) is 47.5 Å². The lowest BCUT2D eigenvalue weighted by molar-refractivity contribution is -0.163. The number of hydrogen-bond donors (Lipinski definition) is 2. The Balaban J connectivity index is 1.47. The van der Waals surface area contributed by atoms with Gasteiger partial charge in [-0.05, 0) is 41.2 Å². The fourth-order valence-electron chi connectivity index (χ4n) is 5.14. The highest BCUT2D eigenvalue weighted by molar-refractivity contribution is 6.83. The Morgan fingerprint density at radius 1 is 1.30 bits per heavy atom. The van der Waals surface area contributed by atoms with Gasteiger partial charge in [-0.25, -0.2) is 4.79 Å². The van der Waals surface area contributed by atoms with E-state index >= 15 is 0 Å². The second kappa shape index (κ2) is 7.86. The molecule has 2 N–H and O–H groups in total. The monoisotopic (exact) mass is 484 g/mol. The number of carbonyl (C=O) groups excluding carboxylic acids is 2. The molecule has 0 radical (unpaired) electrons. The molecule has 0 saturated heterocycles. The Bertz CT molecular complexity index is 1170. The summed E-state index contributed by atoms with van der Waals surface area (Å²) in [7, 11) is -1.42. The first kappa shape index (κ1) is 22.4. The van der Waals surface area contributed by atoms with Crippen molar-refractivity contribution in [2.75, 3.05) is 12.1 Å². The van der Waals surface area contributed by atoms with Gasteiger partial charge in [0.25, 0.3) is 0 Å². The van der Waals surface area contributed by atoms with Crippen LogP contribution in [0, 0.1) is 0 Å². The number of ether oxygens (including phenoxy) is 1. The molecule has 0 aromatic heterocycles. The van der Waals surface area contributed by atoms with Crippen molar-refractivity contribution in [2.45, 2.75) is 57.5 Å². The Morgan fingerprint density at radius 2 is 2.09 bits per heavy atom. The smallest absolute Gasteiger partial charge is 0.342 e. The lowest BCUT2D eigenvalue weighted by atomic mass is 9.78. The average Bonchev–Trinajstić information content (AvgIpc) is 3.16. The first-order valence-electron chi connectivity index (χ1n) is 11.5. The number of alkyl halides is 1. The normalized spacial score (nSPS) is 24.0. The Labute approximate surface area is 199 Å². The molecule has 4 aliphatic rings. The van der Waals surface area contributed by atoms with E-state index in [1.54, 1.807) is 6.92 Å². The molecule has 0 fully saturated rings. The number of allylic oxidation sites excluding steroid dienone is 2. The summed E-state index contributed by atoms with van der Waals surface area (Å²) >= 11 is 6.20. The minimum absolute atomic E-state index is 0.0844. The molecule has 3 aliphatic heterocycles. The van der Waals surface area contributed by atoms with Crippen LogP contribution in [0.2, 0.25) is 19.1 Å². The van der Waals surface area contributed by atoms with Crippen molar-refractivity contribution in [3.63, 3.8) is 0 Å². The van der Waals surface area contributed by atoms with E-state index < -0.39 is 19.6 Å². The number of esters is 1. The molecule has 1 atom stereocenters. The van der Waals surface area contributed by atoms with Crippen LogP contribution in [0.15, 0.2) is 46.6 Å². The van der Waals surface area contributed by atoms with E-state index in [2.05, 4.69) is 42.7 Å². The van der Waals surface area contributed by atoms with Crippen LogP contribution >= 0.6 is 11.6 Å². The van der Waals surface area contributed by atoms with Gasteiger partial charge in [-0.1, -0.05) is 44.3 Å². The van der Waals surface area contributed by atoms with E-state index in [0.29, 0.717) is 29.8 Å². The molecular weight excluding hydrogens is 456 g/mol. The van der Waals surface area contributed by atoms with Gasteiger partial charge in [0.2, 0.25) is 5.78 Å². The molecule has 0 saturated carbocycles. The van der Waals surface area contributed by atoms with Gasteiger partial charge in [-0.3, -0.25) is 4.79 Å². The van der Waals surface area contributed by atoms with Crippen molar-refractivity contribution >= 4 is 37.5 Å². The molecule has 1 aliphatic carbocycles. The number of fused-ring (bicyclic) bond motifs is 3. The Kier molecular flexibility index (Phi) is 5.34. The largest absolute Gasteiger partial charge is 0.458 e. The number of nitrogens with zero attached hydrogens (tertiary/aromatic N) is 1. The lowest BCUT2D eigenvalue weighted by Crippen LogP contribution is -2.48. The van der Waals surface area contributed by atoms with E-state index in [9.17, 15) is 14.7 Å². The Hall–Kier alpha value is -2.35. The van der Waals surface area contributed by atoms with Crippen molar-refractivity contribution < 1.29 is 19.4 Å². The highest BCUT2D eigenvalue weighted by Crippen LogP contribution is 2.44. The van der Waals surface area contributed by atoms with Crippen LogP contribution in [-0.2, 0) is 27.3 Å². The molecule has 0 unspecified atom stereocenters. The van der Waals surface area contributed by atoms with Crippen molar-refractivity contribution in [3.05, 3.63) is 63.3 Å². The van der Waals surface area contributed by atoms with Gasteiger partial charge in [0.1, 0.15) is 18.1 Å². The Morgan fingerprint density at radius 3 is 2.82 bits per heavy atom. The maximum Gasteiger partial charge on any atom is 0.342 e. The minimum Gasteiger partial charge on any atom is -0.458 e. The zero-order valence-electron chi connectivity index (χ0n) is 19.3. The predicted octanol–water partition coefficient (Wildman–Crippen LogP) is 3.61. The van der Waals surface area contributed by atoms with Gasteiger partial charge in [-0.15, -0.1) is 11.6 Å². The standard InChI is InChI=1S/C25H29ClN2O4Si/c1-4-25(31)19-11-20-22(23(29)18(19)13-32-24(25)30)28-12-17-15(8-9-33(2,3)14-26)6-5-7-16(17)10-21(28)27-20/h5-7,10,27,31H,4,8-9,11-14H2,1-3H3/t25-/m0/s1. The molecule has 33 heavy (non-hydrogen) atoms. The van der Waals surface area contributed by atoms with Crippen molar-refractivity contribution in [2.24, 2.45) is 0 Å².